The van der Waals surface area contributed by atoms with Crippen LogP contribution in [0.1, 0.15) is 41.0 Å². The fourth-order valence-corrected chi connectivity index (χ4v) is 2.22. The van der Waals surface area contributed by atoms with Crippen molar-refractivity contribution in [3.8, 4) is 0 Å². The first-order valence-electron chi connectivity index (χ1n) is 7.86. The molecule has 0 aliphatic rings. The first-order chi connectivity index (χ1) is 11.9. The van der Waals surface area contributed by atoms with Crippen molar-refractivity contribution in [1.82, 2.24) is 10.3 Å². The molecule has 1 amide bonds. The summed E-state index contributed by atoms with van der Waals surface area (Å²) in [6.07, 6.45) is 2.38. The van der Waals surface area contributed by atoms with Gasteiger partial charge in [0.25, 0.3) is 5.91 Å². The van der Waals surface area contributed by atoms with Gasteiger partial charge >= 0.3 is 5.97 Å². The highest BCUT2D eigenvalue weighted by atomic mass is 35.5. The van der Waals surface area contributed by atoms with Crippen molar-refractivity contribution >= 4 is 35.0 Å². The van der Waals surface area contributed by atoms with Gasteiger partial charge in [-0.25, -0.2) is 9.78 Å². The number of pyridine rings is 1. The number of benzene rings is 1. The number of hydrogen-bond donors (Lipinski definition) is 2. The van der Waals surface area contributed by atoms with Crippen LogP contribution >= 0.6 is 11.6 Å². The van der Waals surface area contributed by atoms with Crippen LogP contribution in [-0.2, 0) is 4.74 Å². The Hall–Kier alpha value is -2.60. The Morgan fingerprint density at radius 2 is 2.00 bits per heavy atom. The first kappa shape index (κ1) is 18.7. The zero-order valence-electron chi connectivity index (χ0n) is 14.3. The van der Waals surface area contributed by atoms with E-state index in [-0.39, 0.29) is 11.9 Å². The van der Waals surface area contributed by atoms with E-state index in [2.05, 4.69) is 15.6 Å². The number of halogens is 1. The average Bonchev–Trinajstić information content (AvgIpc) is 2.62. The quantitative estimate of drug-likeness (QED) is 0.765. The number of esters is 1. The molecule has 2 N–H and O–H groups in total. The van der Waals surface area contributed by atoms with Gasteiger partial charge in [0.15, 0.2) is 0 Å². The van der Waals surface area contributed by atoms with Gasteiger partial charge in [-0.3, -0.25) is 4.79 Å². The summed E-state index contributed by atoms with van der Waals surface area (Å²) in [6, 6.07) is 8.08. The van der Waals surface area contributed by atoms with Crippen LogP contribution in [0.2, 0.25) is 5.02 Å². The maximum absolute atomic E-state index is 12.2. The molecular formula is C18H20ClN3O3. The number of rotatable bonds is 6. The van der Waals surface area contributed by atoms with Crippen LogP contribution < -0.4 is 10.6 Å². The number of anilines is 2. The van der Waals surface area contributed by atoms with Crippen molar-refractivity contribution in [2.24, 2.45) is 0 Å². The van der Waals surface area contributed by atoms with E-state index in [1.165, 1.54) is 13.3 Å². The van der Waals surface area contributed by atoms with Gasteiger partial charge in [-0.1, -0.05) is 18.5 Å². The summed E-state index contributed by atoms with van der Waals surface area (Å²) in [5.41, 5.74) is 1.34. The van der Waals surface area contributed by atoms with Gasteiger partial charge in [0.1, 0.15) is 5.82 Å². The number of methoxy groups -OCH3 is 1. The molecule has 6 nitrogen and oxygen atoms in total. The van der Waals surface area contributed by atoms with E-state index >= 15 is 0 Å². The molecule has 25 heavy (non-hydrogen) atoms. The second-order valence-corrected chi connectivity index (χ2v) is 5.93. The highest BCUT2D eigenvalue weighted by Crippen LogP contribution is 2.26. The lowest BCUT2D eigenvalue weighted by Crippen LogP contribution is -2.31. The molecule has 0 aliphatic heterocycles. The van der Waals surface area contributed by atoms with Crippen LogP contribution in [0.3, 0.4) is 0 Å². The average molecular weight is 362 g/mol. The number of carbonyl (C=O) groups is 2. The second kappa shape index (κ2) is 8.48. The lowest BCUT2D eigenvalue weighted by molar-refractivity contribution is 0.0600. The lowest BCUT2D eigenvalue weighted by Gasteiger charge is -2.13. The highest BCUT2D eigenvalue weighted by molar-refractivity contribution is 6.33. The molecule has 0 aliphatic carbocycles. The molecule has 0 fully saturated rings. The molecule has 7 heteroatoms. The smallest absolute Gasteiger partial charge is 0.337 e. The molecule has 2 aromatic rings. The van der Waals surface area contributed by atoms with E-state index in [0.717, 1.165) is 6.42 Å². The third-order valence-corrected chi connectivity index (χ3v) is 3.99. The van der Waals surface area contributed by atoms with Crippen LogP contribution in [0.4, 0.5) is 11.5 Å². The van der Waals surface area contributed by atoms with E-state index < -0.39 is 5.97 Å². The van der Waals surface area contributed by atoms with Crippen LogP contribution in [-0.4, -0.2) is 30.0 Å². The Labute approximate surface area is 151 Å². The zero-order chi connectivity index (χ0) is 18.4. The second-order valence-electron chi connectivity index (χ2n) is 5.52. The molecule has 1 atom stereocenters. The Morgan fingerprint density at radius 3 is 2.68 bits per heavy atom. The topological polar surface area (TPSA) is 80.3 Å². The Kier molecular flexibility index (Phi) is 6.36. The van der Waals surface area contributed by atoms with Crippen LogP contribution in [0.25, 0.3) is 0 Å². The summed E-state index contributed by atoms with van der Waals surface area (Å²) in [4.78, 5) is 28.0. The lowest BCUT2D eigenvalue weighted by atomic mass is 10.2. The minimum absolute atomic E-state index is 0.0863. The summed E-state index contributed by atoms with van der Waals surface area (Å²) < 4.78 is 4.70. The van der Waals surface area contributed by atoms with E-state index in [4.69, 9.17) is 16.3 Å². The largest absolute Gasteiger partial charge is 0.465 e. The summed E-state index contributed by atoms with van der Waals surface area (Å²) in [5, 5.41) is 6.34. The van der Waals surface area contributed by atoms with Gasteiger partial charge < -0.3 is 15.4 Å². The Morgan fingerprint density at radius 1 is 1.24 bits per heavy atom. The fraction of sp³-hybridized carbons (Fsp3) is 0.278. The van der Waals surface area contributed by atoms with Gasteiger partial charge in [0.05, 0.1) is 23.4 Å². The first-order valence-corrected chi connectivity index (χ1v) is 8.24. The molecule has 0 bridgehead atoms. The highest BCUT2D eigenvalue weighted by Gasteiger charge is 2.12. The Bertz CT molecular complexity index is 780. The van der Waals surface area contributed by atoms with Gasteiger partial charge in [-0.2, -0.15) is 0 Å². The van der Waals surface area contributed by atoms with Gasteiger partial charge in [-0.05, 0) is 43.7 Å². The van der Waals surface area contributed by atoms with E-state index in [1.807, 2.05) is 13.8 Å². The van der Waals surface area contributed by atoms with Crippen LogP contribution in [0.15, 0.2) is 36.5 Å². The van der Waals surface area contributed by atoms with E-state index in [1.54, 1.807) is 30.3 Å². The third-order valence-electron chi connectivity index (χ3n) is 3.66. The molecule has 1 aromatic carbocycles. The normalized spacial score (nSPS) is 11.5. The molecule has 2 rings (SSSR count). The zero-order valence-corrected chi connectivity index (χ0v) is 15.1. The standard InChI is InChI=1S/C18H20ClN3O3/c1-4-11(2)21-17(23)12-7-8-20-16(10-12)22-15-9-13(18(24)25-3)5-6-14(15)19/h5-11H,4H2,1-3H3,(H,20,22)(H,21,23). The molecule has 0 radical (unpaired) electrons. The fourth-order valence-electron chi connectivity index (χ4n) is 2.05. The molecule has 1 heterocycles. The number of hydrogen-bond acceptors (Lipinski definition) is 5. The molecule has 1 aromatic heterocycles. The molecule has 1 unspecified atom stereocenters. The number of amides is 1. The maximum atomic E-state index is 12.2. The van der Waals surface area contributed by atoms with Gasteiger partial charge in [0, 0.05) is 17.8 Å². The predicted molar refractivity (Wildman–Crippen MR) is 97.5 cm³/mol. The minimum Gasteiger partial charge on any atom is -0.465 e. The van der Waals surface area contributed by atoms with Crippen LogP contribution in [0.5, 0.6) is 0 Å². The third kappa shape index (κ3) is 4.93. The predicted octanol–water partition coefficient (Wildman–Crippen LogP) is 3.79. The molecular weight excluding hydrogens is 342 g/mol. The van der Waals surface area contributed by atoms with Crippen molar-refractivity contribution in [2.45, 2.75) is 26.3 Å². The van der Waals surface area contributed by atoms with Crippen molar-refractivity contribution in [2.75, 3.05) is 12.4 Å². The van der Waals surface area contributed by atoms with E-state index in [0.29, 0.717) is 27.7 Å². The summed E-state index contributed by atoms with van der Waals surface area (Å²) in [5.74, 6) is -0.190. The van der Waals surface area contributed by atoms with E-state index in [9.17, 15) is 9.59 Å². The van der Waals surface area contributed by atoms with Crippen molar-refractivity contribution in [3.63, 3.8) is 0 Å². The van der Waals surface area contributed by atoms with Crippen molar-refractivity contribution in [3.05, 3.63) is 52.7 Å². The molecule has 132 valence electrons. The molecule has 0 saturated heterocycles. The molecule has 0 saturated carbocycles. The number of nitrogens with zero attached hydrogens (tertiary/aromatic N) is 1. The van der Waals surface area contributed by atoms with Gasteiger partial charge in [0.2, 0.25) is 0 Å². The summed E-state index contributed by atoms with van der Waals surface area (Å²) in [6.45, 7) is 3.94. The SMILES string of the molecule is CCC(C)NC(=O)c1ccnc(Nc2cc(C(=O)OC)ccc2Cl)c1. The van der Waals surface area contributed by atoms with Crippen LogP contribution in [0, 0.1) is 0 Å². The Balaban J connectivity index is 2.22. The maximum Gasteiger partial charge on any atom is 0.337 e. The molecule has 0 spiro atoms. The number of nitrogens with one attached hydrogen (secondary N) is 2. The van der Waals surface area contributed by atoms with Crippen molar-refractivity contribution in [1.29, 1.82) is 0 Å². The van der Waals surface area contributed by atoms with Gasteiger partial charge in [-0.15, -0.1) is 0 Å². The summed E-state index contributed by atoms with van der Waals surface area (Å²) >= 11 is 6.16. The monoisotopic (exact) mass is 361 g/mol. The number of carbonyl (C=O) groups excluding carboxylic acids is 2. The minimum atomic E-state index is -0.464. The number of aromatic nitrogens is 1. The van der Waals surface area contributed by atoms with Crippen molar-refractivity contribution < 1.29 is 14.3 Å². The number of ether oxygens (including phenoxy) is 1. The summed E-state index contributed by atoms with van der Waals surface area (Å²) in [7, 11) is 1.31.